The van der Waals surface area contributed by atoms with Gasteiger partial charge in [0.15, 0.2) is 0 Å². The molecular formula is C35H45N3O5S. The molecule has 0 radical (unpaired) electrons. The van der Waals surface area contributed by atoms with Crippen LogP contribution in [0, 0.1) is 20.8 Å². The Morgan fingerprint density at radius 1 is 0.932 bits per heavy atom. The summed E-state index contributed by atoms with van der Waals surface area (Å²) in [5.41, 5.74) is 3.73. The Morgan fingerprint density at radius 3 is 2.27 bits per heavy atom. The highest BCUT2D eigenvalue weighted by molar-refractivity contribution is 7.92. The van der Waals surface area contributed by atoms with Crippen LogP contribution in [0.2, 0.25) is 0 Å². The summed E-state index contributed by atoms with van der Waals surface area (Å²) in [6.45, 7) is 7.15. The molecule has 0 aromatic heterocycles. The maximum Gasteiger partial charge on any atom is 0.264 e. The lowest BCUT2D eigenvalue weighted by Gasteiger charge is -2.35. The lowest BCUT2D eigenvalue weighted by Crippen LogP contribution is -2.54. The normalized spacial score (nSPS) is 14.5. The standard InChI is InChI=1S/C35H45N3O5S/c1-6-32(35(40)36-29-12-8-7-9-13-29)37(23-28-11-10-14-30(22-28)43-5)34(39)24-38(33-21-26(3)15-18-27(33)4)44(41,42)31-19-16-25(2)17-20-31/h10-11,14-22,29,32H,6-9,12-13,23-24H2,1-5H3,(H,36,40). The van der Waals surface area contributed by atoms with Crippen molar-refractivity contribution in [3.05, 3.63) is 89.0 Å². The first kappa shape index (κ1) is 33.1. The largest absolute Gasteiger partial charge is 0.497 e. The van der Waals surface area contributed by atoms with E-state index in [9.17, 15) is 18.0 Å². The van der Waals surface area contributed by atoms with Gasteiger partial charge in [-0.1, -0.05) is 68.1 Å². The van der Waals surface area contributed by atoms with E-state index in [0.29, 0.717) is 17.9 Å². The number of aryl methyl sites for hydroxylation is 3. The number of sulfonamides is 1. The number of hydrogen-bond donors (Lipinski definition) is 1. The average Bonchev–Trinajstić information content (AvgIpc) is 3.01. The summed E-state index contributed by atoms with van der Waals surface area (Å²) in [4.78, 5) is 29.8. The summed E-state index contributed by atoms with van der Waals surface area (Å²) in [5.74, 6) is -0.0426. The van der Waals surface area contributed by atoms with Crippen LogP contribution in [0.5, 0.6) is 5.75 Å². The lowest BCUT2D eigenvalue weighted by molar-refractivity contribution is -0.140. The molecule has 1 aliphatic rings. The number of amides is 2. The molecule has 236 valence electrons. The van der Waals surface area contributed by atoms with Crippen LogP contribution in [0.3, 0.4) is 0 Å². The van der Waals surface area contributed by atoms with Crippen LogP contribution in [0.25, 0.3) is 0 Å². The monoisotopic (exact) mass is 619 g/mol. The summed E-state index contributed by atoms with van der Waals surface area (Å²) in [7, 11) is -2.56. The van der Waals surface area contributed by atoms with Gasteiger partial charge in [0, 0.05) is 12.6 Å². The molecular weight excluding hydrogens is 574 g/mol. The Balaban J connectivity index is 1.75. The zero-order chi connectivity index (χ0) is 31.9. The number of carbonyl (C=O) groups excluding carboxylic acids is 2. The zero-order valence-electron chi connectivity index (χ0n) is 26.5. The van der Waals surface area contributed by atoms with Crippen molar-refractivity contribution in [2.24, 2.45) is 0 Å². The number of ether oxygens (including phenoxy) is 1. The van der Waals surface area contributed by atoms with Gasteiger partial charge in [-0.15, -0.1) is 0 Å². The van der Waals surface area contributed by atoms with Crippen LogP contribution in [0.1, 0.15) is 67.7 Å². The van der Waals surface area contributed by atoms with Gasteiger partial charge in [0.25, 0.3) is 10.0 Å². The highest BCUT2D eigenvalue weighted by Crippen LogP contribution is 2.29. The topological polar surface area (TPSA) is 96.0 Å². The molecule has 0 saturated heterocycles. The molecule has 1 unspecified atom stereocenters. The van der Waals surface area contributed by atoms with Crippen molar-refractivity contribution in [2.45, 2.75) is 89.7 Å². The number of nitrogens with zero attached hydrogens (tertiary/aromatic N) is 2. The number of methoxy groups -OCH3 is 1. The van der Waals surface area contributed by atoms with Crippen molar-refractivity contribution in [1.82, 2.24) is 10.2 Å². The first-order valence-corrected chi connectivity index (χ1v) is 16.9. The van der Waals surface area contributed by atoms with E-state index in [1.54, 1.807) is 37.4 Å². The minimum Gasteiger partial charge on any atom is -0.497 e. The van der Waals surface area contributed by atoms with Gasteiger partial charge in [0.1, 0.15) is 18.3 Å². The third-order valence-corrected chi connectivity index (χ3v) is 10.1. The van der Waals surface area contributed by atoms with E-state index in [1.165, 1.54) is 9.21 Å². The van der Waals surface area contributed by atoms with Crippen molar-refractivity contribution in [3.8, 4) is 5.75 Å². The van der Waals surface area contributed by atoms with Crippen molar-refractivity contribution >= 4 is 27.5 Å². The molecule has 2 amide bonds. The van der Waals surface area contributed by atoms with E-state index < -0.39 is 28.5 Å². The van der Waals surface area contributed by atoms with Crippen molar-refractivity contribution in [2.75, 3.05) is 18.0 Å². The van der Waals surface area contributed by atoms with Gasteiger partial charge in [-0.2, -0.15) is 0 Å². The van der Waals surface area contributed by atoms with E-state index >= 15 is 0 Å². The molecule has 4 rings (SSSR count). The first-order valence-electron chi connectivity index (χ1n) is 15.4. The molecule has 8 nitrogen and oxygen atoms in total. The molecule has 3 aromatic rings. The zero-order valence-corrected chi connectivity index (χ0v) is 27.3. The Labute approximate surface area is 262 Å². The smallest absolute Gasteiger partial charge is 0.264 e. The van der Waals surface area contributed by atoms with Crippen LogP contribution in [0.4, 0.5) is 5.69 Å². The average molecular weight is 620 g/mol. The predicted molar refractivity (Wildman–Crippen MR) is 174 cm³/mol. The highest BCUT2D eigenvalue weighted by atomic mass is 32.2. The second-order valence-electron chi connectivity index (χ2n) is 11.8. The fraction of sp³-hybridized carbons (Fsp3) is 0.429. The molecule has 9 heteroatoms. The molecule has 3 aromatic carbocycles. The van der Waals surface area contributed by atoms with Crippen molar-refractivity contribution < 1.29 is 22.7 Å². The second kappa shape index (κ2) is 14.8. The van der Waals surface area contributed by atoms with Crippen molar-refractivity contribution in [1.29, 1.82) is 0 Å². The third-order valence-electron chi connectivity index (χ3n) is 8.35. The van der Waals surface area contributed by atoms with Crippen LogP contribution < -0.4 is 14.4 Å². The van der Waals surface area contributed by atoms with Gasteiger partial charge in [-0.25, -0.2) is 8.42 Å². The third kappa shape index (κ3) is 8.00. The Hall–Kier alpha value is -3.85. The van der Waals surface area contributed by atoms with E-state index in [0.717, 1.165) is 54.4 Å². The van der Waals surface area contributed by atoms with Crippen LogP contribution >= 0.6 is 0 Å². The summed E-state index contributed by atoms with van der Waals surface area (Å²) < 4.78 is 35.0. The number of carbonyl (C=O) groups is 2. The molecule has 0 bridgehead atoms. The van der Waals surface area contributed by atoms with Crippen LogP contribution in [-0.2, 0) is 26.2 Å². The van der Waals surface area contributed by atoms with Gasteiger partial charge in [-0.05, 0) is 87.1 Å². The number of rotatable bonds is 12. The molecule has 0 spiro atoms. The fourth-order valence-corrected chi connectivity index (χ4v) is 7.24. The van der Waals surface area contributed by atoms with Crippen LogP contribution in [-0.4, -0.2) is 50.9 Å². The quantitative estimate of drug-likeness (QED) is 0.266. The maximum atomic E-state index is 14.4. The van der Waals surface area contributed by atoms with Crippen molar-refractivity contribution in [3.63, 3.8) is 0 Å². The number of benzene rings is 3. The minimum absolute atomic E-state index is 0.0763. The van der Waals surface area contributed by atoms with Gasteiger partial charge in [0.05, 0.1) is 17.7 Å². The molecule has 1 fully saturated rings. The van der Waals surface area contributed by atoms with E-state index in [2.05, 4.69) is 5.32 Å². The number of nitrogens with one attached hydrogen (secondary N) is 1. The molecule has 1 N–H and O–H groups in total. The molecule has 0 heterocycles. The summed E-state index contributed by atoms with van der Waals surface area (Å²) >= 11 is 0. The van der Waals surface area contributed by atoms with E-state index in [-0.39, 0.29) is 23.4 Å². The summed E-state index contributed by atoms with van der Waals surface area (Å²) in [6.07, 6.45) is 5.50. The molecule has 0 aliphatic heterocycles. The second-order valence-corrected chi connectivity index (χ2v) is 13.6. The molecule has 1 aliphatic carbocycles. The Kier molecular flexibility index (Phi) is 11.1. The first-order chi connectivity index (χ1) is 21.0. The van der Waals surface area contributed by atoms with Gasteiger partial charge in [0.2, 0.25) is 11.8 Å². The molecule has 1 atom stereocenters. The highest BCUT2D eigenvalue weighted by Gasteiger charge is 2.35. The number of anilines is 1. The molecule has 44 heavy (non-hydrogen) atoms. The van der Waals surface area contributed by atoms with Crippen LogP contribution in [0.15, 0.2) is 71.6 Å². The van der Waals surface area contributed by atoms with Gasteiger partial charge in [-0.3, -0.25) is 13.9 Å². The fourth-order valence-electron chi connectivity index (χ4n) is 5.77. The lowest BCUT2D eigenvalue weighted by atomic mass is 9.95. The van der Waals surface area contributed by atoms with E-state index in [4.69, 9.17) is 4.74 Å². The summed E-state index contributed by atoms with van der Waals surface area (Å²) in [5, 5.41) is 3.19. The Bertz CT molecular complexity index is 1550. The molecule has 1 saturated carbocycles. The maximum absolute atomic E-state index is 14.4. The summed E-state index contributed by atoms with van der Waals surface area (Å²) in [6, 6.07) is 18.8. The minimum atomic E-state index is -4.13. The Morgan fingerprint density at radius 2 is 1.61 bits per heavy atom. The predicted octanol–water partition coefficient (Wildman–Crippen LogP) is 6.07. The van der Waals surface area contributed by atoms with Gasteiger partial charge < -0.3 is 15.0 Å². The van der Waals surface area contributed by atoms with Gasteiger partial charge >= 0.3 is 0 Å². The van der Waals surface area contributed by atoms with E-state index in [1.807, 2.05) is 64.1 Å². The SMILES string of the molecule is CCC(C(=O)NC1CCCCC1)N(Cc1cccc(OC)c1)C(=O)CN(c1cc(C)ccc1C)S(=O)(=O)c1ccc(C)cc1. The number of hydrogen-bond acceptors (Lipinski definition) is 5.